The summed E-state index contributed by atoms with van der Waals surface area (Å²) in [6.45, 7) is 7.22. The lowest BCUT2D eigenvalue weighted by atomic mass is 9.94. The number of rotatable bonds is 7. The van der Waals surface area contributed by atoms with Crippen LogP contribution < -0.4 is 5.73 Å². The number of carbonyl (C=O) groups excluding carboxylic acids is 1. The maximum atomic E-state index is 12.5. The first-order valence-electron chi connectivity index (χ1n) is 6.54. The van der Waals surface area contributed by atoms with Gasteiger partial charge in [-0.05, 0) is 39.0 Å². The van der Waals surface area contributed by atoms with E-state index in [0.29, 0.717) is 19.1 Å². The highest BCUT2D eigenvalue weighted by molar-refractivity contribution is 5.86. The molecule has 2 atom stereocenters. The molecule has 0 aromatic heterocycles. The molecule has 1 fully saturated rings. The van der Waals surface area contributed by atoms with Crippen molar-refractivity contribution in [3.63, 3.8) is 0 Å². The summed E-state index contributed by atoms with van der Waals surface area (Å²) >= 11 is 0. The van der Waals surface area contributed by atoms with E-state index < -0.39 is 5.54 Å². The highest BCUT2D eigenvalue weighted by Crippen LogP contribution is 2.39. The summed E-state index contributed by atoms with van der Waals surface area (Å²) < 4.78 is 5.07. The summed E-state index contributed by atoms with van der Waals surface area (Å²) in [5.74, 6) is 0.440. The van der Waals surface area contributed by atoms with Gasteiger partial charge >= 0.3 is 0 Å². The van der Waals surface area contributed by atoms with E-state index in [2.05, 4.69) is 13.8 Å². The molecule has 0 bridgehead atoms. The molecular formula is C13H26N2O2. The molecule has 1 aliphatic carbocycles. The van der Waals surface area contributed by atoms with Gasteiger partial charge < -0.3 is 15.4 Å². The van der Waals surface area contributed by atoms with Crippen LogP contribution in [0.4, 0.5) is 0 Å². The summed E-state index contributed by atoms with van der Waals surface area (Å²) in [4.78, 5) is 14.4. The number of carbonyl (C=O) groups is 1. The van der Waals surface area contributed by atoms with Crippen LogP contribution in [0.3, 0.4) is 0 Å². The second-order valence-corrected chi connectivity index (χ2v) is 5.31. The standard InChI is InChI=1S/C13H26N2O2/c1-5-10(2)15(8-9-17-4)12(16)13(3,14)11-6-7-11/h10-11H,5-9,14H2,1-4H3. The van der Waals surface area contributed by atoms with E-state index in [9.17, 15) is 4.79 Å². The SMILES string of the molecule is CCC(C)N(CCOC)C(=O)C(C)(N)C1CC1. The van der Waals surface area contributed by atoms with E-state index >= 15 is 0 Å². The van der Waals surface area contributed by atoms with Crippen molar-refractivity contribution in [2.45, 2.75) is 51.6 Å². The third-order valence-corrected chi connectivity index (χ3v) is 3.81. The van der Waals surface area contributed by atoms with E-state index in [-0.39, 0.29) is 11.9 Å². The molecule has 1 rings (SSSR count). The van der Waals surface area contributed by atoms with Gasteiger partial charge in [-0.1, -0.05) is 6.92 Å². The predicted octanol–water partition coefficient (Wildman–Crippen LogP) is 1.39. The van der Waals surface area contributed by atoms with Crippen LogP contribution >= 0.6 is 0 Å². The smallest absolute Gasteiger partial charge is 0.242 e. The number of hydrogen-bond acceptors (Lipinski definition) is 3. The maximum Gasteiger partial charge on any atom is 0.242 e. The molecule has 4 heteroatoms. The molecule has 0 saturated heterocycles. The van der Waals surface area contributed by atoms with Gasteiger partial charge in [-0.25, -0.2) is 0 Å². The normalized spacial score (nSPS) is 20.8. The molecule has 0 aliphatic heterocycles. The molecule has 0 radical (unpaired) electrons. The Balaban J connectivity index is 2.70. The first-order chi connectivity index (χ1) is 7.95. The topological polar surface area (TPSA) is 55.6 Å². The van der Waals surface area contributed by atoms with Gasteiger partial charge in [0.05, 0.1) is 12.1 Å². The second-order valence-electron chi connectivity index (χ2n) is 5.31. The lowest BCUT2D eigenvalue weighted by molar-refractivity contribution is -0.140. The summed E-state index contributed by atoms with van der Waals surface area (Å²) in [5, 5.41) is 0. The Morgan fingerprint density at radius 2 is 2.18 bits per heavy atom. The average Bonchev–Trinajstić information content (AvgIpc) is 3.12. The van der Waals surface area contributed by atoms with E-state index in [1.807, 2.05) is 11.8 Å². The van der Waals surface area contributed by atoms with Gasteiger partial charge in [-0.2, -0.15) is 0 Å². The van der Waals surface area contributed by atoms with E-state index in [4.69, 9.17) is 10.5 Å². The summed E-state index contributed by atoms with van der Waals surface area (Å²) in [6.07, 6.45) is 3.10. The Bertz CT molecular complexity index is 262. The molecule has 1 saturated carbocycles. The molecule has 0 aromatic carbocycles. The first-order valence-corrected chi connectivity index (χ1v) is 6.54. The fourth-order valence-electron chi connectivity index (χ4n) is 2.10. The van der Waals surface area contributed by atoms with Crippen LogP contribution in [0.2, 0.25) is 0 Å². The molecule has 2 unspecified atom stereocenters. The lowest BCUT2D eigenvalue weighted by Crippen LogP contribution is -2.57. The van der Waals surface area contributed by atoms with Gasteiger partial charge in [0.1, 0.15) is 0 Å². The summed E-state index contributed by atoms with van der Waals surface area (Å²) in [7, 11) is 1.65. The van der Waals surface area contributed by atoms with Gasteiger partial charge in [0, 0.05) is 19.7 Å². The number of hydrogen-bond donors (Lipinski definition) is 1. The number of ether oxygens (including phenoxy) is 1. The fourth-order valence-corrected chi connectivity index (χ4v) is 2.10. The van der Waals surface area contributed by atoms with Crippen LogP contribution in [0.5, 0.6) is 0 Å². The lowest BCUT2D eigenvalue weighted by Gasteiger charge is -2.35. The Kier molecular flexibility index (Phi) is 4.95. The molecule has 1 aliphatic rings. The average molecular weight is 242 g/mol. The molecule has 0 spiro atoms. The fraction of sp³-hybridized carbons (Fsp3) is 0.923. The minimum Gasteiger partial charge on any atom is -0.383 e. The monoisotopic (exact) mass is 242 g/mol. The summed E-state index contributed by atoms with van der Waals surface area (Å²) in [6, 6.07) is 0.222. The van der Waals surface area contributed by atoms with Crippen LogP contribution in [0, 0.1) is 5.92 Å². The molecule has 17 heavy (non-hydrogen) atoms. The maximum absolute atomic E-state index is 12.5. The van der Waals surface area contributed by atoms with E-state index in [1.165, 1.54) is 0 Å². The number of nitrogens with two attached hydrogens (primary N) is 1. The van der Waals surface area contributed by atoms with Gasteiger partial charge in [0.2, 0.25) is 5.91 Å². The highest BCUT2D eigenvalue weighted by Gasteiger charge is 2.46. The molecule has 4 nitrogen and oxygen atoms in total. The van der Waals surface area contributed by atoms with Crippen LogP contribution in [0.25, 0.3) is 0 Å². The molecule has 100 valence electrons. The van der Waals surface area contributed by atoms with Crippen molar-refractivity contribution in [1.82, 2.24) is 4.90 Å². The largest absolute Gasteiger partial charge is 0.383 e. The van der Waals surface area contributed by atoms with Crippen molar-refractivity contribution >= 4 is 5.91 Å². The predicted molar refractivity (Wildman–Crippen MR) is 68.7 cm³/mol. The van der Waals surface area contributed by atoms with Crippen LogP contribution in [0.15, 0.2) is 0 Å². The zero-order valence-corrected chi connectivity index (χ0v) is 11.5. The third-order valence-electron chi connectivity index (χ3n) is 3.81. The number of amides is 1. The zero-order valence-electron chi connectivity index (χ0n) is 11.5. The van der Waals surface area contributed by atoms with Crippen LogP contribution in [-0.2, 0) is 9.53 Å². The van der Waals surface area contributed by atoms with Gasteiger partial charge in [0.25, 0.3) is 0 Å². The Hall–Kier alpha value is -0.610. The minimum atomic E-state index is -0.697. The van der Waals surface area contributed by atoms with E-state index in [0.717, 1.165) is 19.3 Å². The third kappa shape index (κ3) is 3.42. The van der Waals surface area contributed by atoms with Crippen molar-refractivity contribution in [3.05, 3.63) is 0 Å². The van der Waals surface area contributed by atoms with Crippen molar-refractivity contribution in [1.29, 1.82) is 0 Å². The van der Waals surface area contributed by atoms with Gasteiger partial charge in [-0.3, -0.25) is 4.79 Å². The summed E-state index contributed by atoms with van der Waals surface area (Å²) in [5.41, 5.74) is 5.50. The zero-order chi connectivity index (χ0) is 13.1. The van der Waals surface area contributed by atoms with Crippen LogP contribution in [0.1, 0.15) is 40.0 Å². The van der Waals surface area contributed by atoms with E-state index in [1.54, 1.807) is 7.11 Å². The molecule has 2 N–H and O–H groups in total. The van der Waals surface area contributed by atoms with Crippen molar-refractivity contribution in [3.8, 4) is 0 Å². The van der Waals surface area contributed by atoms with Gasteiger partial charge in [-0.15, -0.1) is 0 Å². The highest BCUT2D eigenvalue weighted by atomic mass is 16.5. The van der Waals surface area contributed by atoms with Crippen molar-refractivity contribution in [2.75, 3.05) is 20.3 Å². The minimum absolute atomic E-state index is 0.0754. The van der Waals surface area contributed by atoms with Crippen molar-refractivity contribution in [2.24, 2.45) is 11.7 Å². The molecule has 0 aromatic rings. The second kappa shape index (κ2) is 5.83. The van der Waals surface area contributed by atoms with Crippen LogP contribution in [-0.4, -0.2) is 42.6 Å². The Morgan fingerprint density at radius 3 is 2.59 bits per heavy atom. The quantitative estimate of drug-likeness (QED) is 0.734. The van der Waals surface area contributed by atoms with Gasteiger partial charge in [0.15, 0.2) is 0 Å². The van der Waals surface area contributed by atoms with Crippen molar-refractivity contribution < 1.29 is 9.53 Å². The Morgan fingerprint density at radius 1 is 1.59 bits per heavy atom. The molecule has 1 amide bonds. The Labute approximate surface area is 104 Å². The number of methoxy groups -OCH3 is 1. The molecular weight excluding hydrogens is 216 g/mol. The molecule has 0 heterocycles. The first kappa shape index (κ1) is 14.5. The number of nitrogens with zero attached hydrogens (tertiary/aromatic N) is 1.